The molecule has 1 unspecified atom stereocenters. The molecule has 0 spiro atoms. The Kier molecular flexibility index (Phi) is 7.18. The maximum Gasteiger partial charge on any atom is 0.305 e. The number of ether oxygens (including phenoxy) is 1. The van der Waals surface area contributed by atoms with Crippen molar-refractivity contribution in [3.8, 4) is 0 Å². The molecule has 0 saturated carbocycles. The van der Waals surface area contributed by atoms with Crippen molar-refractivity contribution in [3.05, 3.63) is 54.1 Å². The second-order valence-electron chi connectivity index (χ2n) is 9.55. The smallest absolute Gasteiger partial charge is 0.305 e. The predicted octanol–water partition coefficient (Wildman–Crippen LogP) is 3.77. The van der Waals surface area contributed by atoms with E-state index >= 15 is 0 Å². The second-order valence-corrected chi connectivity index (χ2v) is 9.55. The fourth-order valence-electron chi connectivity index (χ4n) is 5.36. The summed E-state index contributed by atoms with van der Waals surface area (Å²) in [6.45, 7) is 5.26. The molecule has 4 heterocycles. The number of halogens is 1. The number of carbonyl (C=O) groups is 2. The number of methoxy groups -OCH3 is 1. The predicted molar refractivity (Wildman–Crippen MR) is 137 cm³/mol. The average Bonchev–Trinajstić information content (AvgIpc) is 3.30. The minimum absolute atomic E-state index is 0.0423. The third kappa shape index (κ3) is 5.21. The quantitative estimate of drug-likeness (QED) is 0.482. The summed E-state index contributed by atoms with van der Waals surface area (Å²) in [4.78, 5) is 33.0. The van der Waals surface area contributed by atoms with E-state index in [4.69, 9.17) is 9.72 Å². The van der Waals surface area contributed by atoms with Crippen LogP contribution in [-0.4, -0.2) is 66.2 Å². The first kappa shape index (κ1) is 24.2. The molecule has 1 aromatic carbocycles. The van der Waals surface area contributed by atoms with Gasteiger partial charge in [-0.05, 0) is 55.1 Å². The fourth-order valence-corrected chi connectivity index (χ4v) is 5.36. The third-order valence-corrected chi connectivity index (χ3v) is 7.31. The van der Waals surface area contributed by atoms with Crippen LogP contribution in [0.4, 0.5) is 15.9 Å². The Morgan fingerprint density at radius 1 is 1.17 bits per heavy atom. The molecular weight excluding hydrogens is 461 g/mol. The van der Waals surface area contributed by atoms with Crippen LogP contribution in [0.5, 0.6) is 0 Å². The number of piperazine rings is 1. The number of nitrogens with one attached hydrogen (secondary N) is 1. The molecule has 2 aromatic heterocycles. The van der Waals surface area contributed by atoms with Crippen LogP contribution in [0.3, 0.4) is 0 Å². The number of aryl methyl sites for hydroxylation is 1. The summed E-state index contributed by atoms with van der Waals surface area (Å²) >= 11 is 0. The van der Waals surface area contributed by atoms with Crippen LogP contribution in [0.25, 0.3) is 10.9 Å². The minimum Gasteiger partial charge on any atom is -0.469 e. The fraction of sp³-hybridized carbons (Fsp3) is 0.444. The van der Waals surface area contributed by atoms with Gasteiger partial charge in [-0.15, -0.1) is 0 Å². The van der Waals surface area contributed by atoms with E-state index in [0.717, 1.165) is 74.4 Å². The molecule has 0 aliphatic carbocycles. The number of amides is 1. The number of rotatable bonds is 8. The molecule has 1 amide bonds. The molecule has 0 bridgehead atoms. The number of nitrogens with zero attached hydrogens (tertiary/aromatic N) is 4. The van der Waals surface area contributed by atoms with Gasteiger partial charge < -0.3 is 19.5 Å². The molecular formula is C27H32FN5O3. The monoisotopic (exact) mass is 493 g/mol. The number of esters is 1. The normalized spacial score (nSPS) is 18.2. The third-order valence-electron chi connectivity index (χ3n) is 7.31. The Morgan fingerprint density at radius 2 is 2.00 bits per heavy atom. The van der Waals surface area contributed by atoms with Gasteiger partial charge in [0.15, 0.2) is 0 Å². The topological polar surface area (TPSA) is 79.7 Å². The summed E-state index contributed by atoms with van der Waals surface area (Å²) in [6.07, 6.45) is 6.37. The summed E-state index contributed by atoms with van der Waals surface area (Å²) in [5.74, 6) is 0.558. The van der Waals surface area contributed by atoms with Crippen molar-refractivity contribution in [1.29, 1.82) is 0 Å². The molecule has 9 heteroatoms. The number of pyridine rings is 1. The van der Waals surface area contributed by atoms with E-state index < -0.39 is 0 Å². The highest BCUT2D eigenvalue weighted by Gasteiger charge is 2.27. The second kappa shape index (κ2) is 10.7. The maximum absolute atomic E-state index is 13.6. The molecule has 8 nitrogen and oxygen atoms in total. The summed E-state index contributed by atoms with van der Waals surface area (Å²) < 4.78 is 20.5. The standard InChI is InChI=1S/C27H32FN5O3/c1-36-26(35)3-2-10-32-12-8-22-24(32)6-9-29-27(22)33-15-13-31(14-16-33)11-7-19-17-25(34)30-23-18-20(28)4-5-21(19)23/h4-6,8-9,12,18-19H,2-3,7,10-11,13-17H2,1H3,(H,30,34). The summed E-state index contributed by atoms with van der Waals surface area (Å²) in [5.41, 5.74) is 2.76. The van der Waals surface area contributed by atoms with Gasteiger partial charge in [-0.2, -0.15) is 0 Å². The summed E-state index contributed by atoms with van der Waals surface area (Å²) in [6, 6.07) is 8.83. The molecule has 190 valence electrons. The SMILES string of the molecule is COC(=O)CCCn1ccc2c(N3CCN(CCC4CC(=O)Nc5cc(F)ccc54)CC3)nccc21. The van der Waals surface area contributed by atoms with Crippen molar-refractivity contribution in [2.75, 3.05) is 50.1 Å². The number of anilines is 2. The Hall–Kier alpha value is -3.46. The lowest BCUT2D eigenvalue weighted by molar-refractivity contribution is -0.140. The molecule has 1 fully saturated rings. The van der Waals surface area contributed by atoms with Gasteiger partial charge in [-0.25, -0.2) is 9.37 Å². The zero-order valence-corrected chi connectivity index (χ0v) is 20.6. The van der Waals surface area contributed by atoms with Crippen LogP contribution in [0, 0.1) is 5.82 Å². The van der Waals surface area contributed by atoms with Crippen LogP contribution < -0.4 is 10.2 Å². The van der Waals surface area contributed by atoms with Crippen molar-refractivity contribution in [2.45, 2.75) is 38.1 Å². The van der Waals surface area contributed by atoms with Gasteiger partial charge in [-0.1, -0.05) is 6.07 Å². The lowest BCUT2D eigenvalue weighted by Gasteiger charge is -2.36. The zero-order valence-electron chi connectivity index (χ0n) is 20.6. The van der Waals surface area contributed by atoms with Crippen LogP contribution >= 0.6 is 0 Å². The Morgan fingerprint density at radius 3 is 2.81 bits per heavy atom. The van der Waals surface area contributed by atoms with Gasteiger partial charge >= 0.3 is 5.97 Å². The van der Waals surface area contributed by atoms with Crippen LogP contribution in [0.2, 0.25) is 0 Å². The molecule has 1 saturated heterocycles. The first-order valence-corrected chi connectivity index (χ1v) is 12.6. The van der Waals surface area contributed by atoms with Crippen molar-refractivity contribution in [1.82, 2.24) is 14.5 Å². The number of hydrogen-bond donors (Lipinski definition) is 1. The molecule has 3 aromatic rings. The van der Waals surface area contributed by atoms with Gasteiger partial charge in [0.2, 0.25) is 5.91 Å². The van der Waals surface area contributed by atoms with Gasteiger partial charge in [0.25, 0.3) is 0 Å². The lowest BCUT2D eigenvalue weighted by atomic mass is 9.87. The average molecular weight is 494 g/mol. The van der Waals surface area contributed by atoms with Crippen molar-refractivity contribution < 1.29 is 18.7 Å². The number of hydrogen-bond acceptors (Lipinski definition) is 6. The number of carbonyl (C=O) groups excluding carboxylic acids is 2. The molecule has 2 aliphatic heterocycles. The van der Waals surface area contributed by atoms with Gasteiger partial charge in [0, 0.05) is 69.0 Å². The Labute approximate surface area is 210 Å². The van der Waals surface area contributed by atoms with Crippen molar-refractivity contribution in [2.24, 2.45) is 0 Å². The summed E-state index contributed by atoms with van der Waals surface area (Å²) in [5, 5.41) is 3.93. The Bertz CT molecular complexity index is 1250. The largest absolute Gasteiger partial charge is 0.469 e. The molecule has 2 aliphatic rings. The Balaban J connectivity index is 1.18. The highest BCUT2D eigenvalue weighted by molar-refractivity contribution is 5.94. The van der Waals surface area contributed by atoms with Crippen molar-refractivity contribution in [3.63, 3.8) is 0 Å². The molecule has 1 N–H and O–H groups in total. The summed E-state index contributed by atoms with van der Waals surface area (Å²) in [7, 11) is 1.42. The zero-order chi connectivity index (χ0) is 25.1. The highest BCUT2D eigenvalue weighted by Crippen LogP contribution is 2.35. The molecule has 5 rings (SSSR count). The van der Waals surface area contributed by atoms with E-state index in [9.17, 15) is 14.0 Å². The van der Waals surface area contributed by atoms with Gasteiger partial charge in [0.05, 0.1) is 12.6 Å². The van der Waals surface area contributed by atoms with Crippen LogP contribution in [-0.2, 0) is 20.9 Å². The highest BCUT2D eigenvalue weighted by atomic mass is 19.1. The van der Waals surface area contributed by atoms with Crippen molar-refractivity contribution >= 4 is 34.3 Å². The lowest BCUT2D eigenvalue weighted by Crippen LogP contribution is -2.47. The minimum atomic E-state index is -0.328. The van der Waals surface area contributed by atoms with E-state index in [2.05, 4.69) is 31.9 Å². The van der Waals surface area contributed by atoms with Crippen LogP contribution in [0.1, 0.15) is 37.2 Å². The molecule has 1 atom stereocenters. The first-order valence-electron chi connectivity index (χ1n) is 12.6. The van der Waals surface area contributed by atoms with Gasteiger partial charge in [0.1, 0.15) is 11.6 Å². The van der Waals surface area contributed by atoms with Gasteiger partial charge in [-0.3, -0.25) is 14.5 Å². The molecule has 36 heavy (non-hydrogen) atoms. The van der Waals surface area contributed by atoms with E-state index in [1.54, 1.807) is 6.07 Å². The van der Waals surface area contributed by atoms with Crippen LogP contribution in [0.15, 0.2) is 42.7 Å². The number of fused-ring (bicyclic) bond motifs is 2. The van der Waals surface area contributed by atoms with E-state index in [1.165, 1.54) is 19.2 Å². The number of benzene rings is 1. The molecule has 0 radical (unpaired) electrons. The maximum atomic E-state index is 13.6. The number of aromatic nitrogens is 2. The van der Waals surface area contributed by atoms with E-state index in [-0.39, 0.29) is 23.6 Å². The van der Waals surface area contributed by atoms with E-state index in [1.807, 2.05) is 12.3 Å². The van der Waals surface area contributed by atoms with E-state index in [0.29, 0.717) is 18.5 Å². The first-order chi connectivity index (χ1) is 17.5.